The number of aromatic nitrogens is 1. The van der Waals surface area contributed by atoms with Crippen LogP contribution in [0.25, 0.3) is 11.1 Å². The van der Waals surface area contributed by atoms with Crippen molar-refractivity contribution in [2.75, 3.05) is 5.32 Å². The van der Waals surface area contributed by atoms with E-state index in [2.05, 4.69) is 22.2 Å². The van der Waals surface area contributed by atoms with Crippen LogP contribution in [0.15, 0.2) is 53.3 Å². The third-order valence-corrected chi connectivity index (χ3v) is 6.59. The third kappa shape index (κ3) is 4.40. The van der Waals surface area contributed by atoms with Crippen molar-refractivity contribution in [1.29, 1.82) is 5.26 Å². The van der Waals surface area contributed by atoms with Gasteiger partial charge in [-0.2, -0.15) is 5.26 Å². The Morgan fingerprint density at radius 2 is 1.86 bits per heavy atom. The van der Waals surface area contributed by atoms with E-state index in [4.69, 9.17) is 11.6 Å². The maximum atomic E-state index is 13.1. The number of nitriles is 1. The van der Waals surface area contributed by atoms with Crippen LogP contribution in [0.5, 0.6) is 0 Å². The van der Waals surface area contributed by atoms with Crippen LogP contribution in [0.1, 0.15) is 46.1 Å². The van der Waals surface area contributed by atoms with E-state index in [1.165, 1.54) is 10.6 Å². The topological polar surface area (TPSA) is 133 Å². The van der Waals surface area contributed by atoms with Crippen LogP contribution in [0.3, 0.4) is 0 Å². The molecule has 1 unspecified atom stereocenters. The molecule has 0 bridgehead atoms. The second-order valence-corrected chi connectivity index (χ2v) is 9.08. The quantitative estimate of drug-likeness (QED) is 0.492. The number of benzene rings is 2. The Labute approximate surface area is 210 Å². The van der Waals surface area contributed by atoms with Crippen molar-refractivity contribution in [1.82, 2.24) is 15.4 Å². The summed E-state index contributed by atoms with van der Waals surface area (Å²) in [5, 5.41) is 12.7. The molecule has 0 radical (unpaired) electrons. The fourth-order valence-corrected chi connectivity index (χ4v) is 4.82. The van der Waals surface area contributed by atoms with Crippen molar-refractivity contribution in [3.05, 3.63) is 86.3 Å². The van der Waals surface area contributed by atoms with Gasteiger partial charge in [0, 0.05) is 52.0 Å². The molecule has 180 valence electrons. The summed E-state index contributed by atoms with van der Waals surface area (Å²) in [4.78, 5) is 50.1. The minimum absolute atomic E-state index is 0.0842. The highest BCUT2D eigenvalue weighted by atomic mass is 35.5. The van der Waals surface area contributed by atoms with Gasteiger partial charge in [0.1, 0.15) is 6.54 Å². The van der Waals surface area contributed by atoms with Crippen molar-refractivity contribution in [3.63, 3.8) is 0 Å². The van der Waals surface area contributed by atoms with Crippen LogP contribution < -0.4 is 21.7 Å². The molecule has 2 amide bonds. The average molecular weight is 502 g/mol. The van der Waals surface area contributed by atoms with E-state index in [1.807, 2.05) is 12.1 Å². The second-order valence-electron chi connectivity index (χ2n) is 8.65. The number of ketones is 1. The molecule has 3 N–H and O–H groups in total. The number of nitrogens with zero attached hydrogens (tertiary/aromatic N) is 2. The maximum Gasteiger partial charge on any atom is 0.251 e. The molecule has 1 saturated heterocycles. The number of hydrazine groups is 1. The monoisotopic (exact) mass is 501 g/mol. The van der Waals surface area contributed by atoms with Crippen molar-refractivity contribution in [2.45, 2.75) is 31.8 Å². The Balaban J connectivity index is 1.41. The molecule has 5 rings (SSSR count). The van der Waals surface area contributed by atoms with Crippen LogP contribution in [0.4, 0.5) is 5.69 Å². The number of anilines is 1. The van der Waals surface area contributed by atoms with Crippen LogP contribution in [-0.4, -0.2) is 22.2 Å². The van der Waals surface area contributed by atoms with Gasteiger partial charge in [-0.15, -0.1) is 0 Å². The Morgan fingerprint density at radius 1 is 1.08 bits per heavy atom. The van der Waals surface area contributed by atoms with Crippen LogP contribution in [0.2, 0.25) is 5.02 Å². The SMILES string of the molecule is N#Cc1ccc(Cl)cc1-c1cc(=O)n(CC(=O)Nc2ccc(C3CC(=O)NN3)cc2)c2c1C(=O)CC2. The van der Waals surface area contributed by atoms with E-state index < -0.39 is 11.5 Å². The van der Waals surface area contributed by atoms with Gasteiger partial charge in [-0.1, -0.05) is 23.7 Å². The van der Waals surface area contributed by atoms with Crippen LogP contribution >= 0.6 is 11.6 Å². The second kappa shape index (κ2) is 9.41. The zero-order chi connectivity index (χ0) is 25.4. The van der Waals surface area contributed by atoms with Gasteiger partial charge in [-0.3, -0.25) is 24.6 Å². The Kier molecular flexibility index (Phi) is 6.14. The Bertz CT molecular complexity index is 1520. The predicted octanol–water partition coefficient (Wildman–Crippen LogP) is 2.87. The number of carbonyl (C=O) groups is 3. The van der Waals surface area contributed by atoms with Crippen LogP contribution in [-0.2, 0) is 22.6 Å². The first-order chi connectivity index (χ1) is 17.3. The lowest BCUT2D eigenvalue weighted by molar-refractivity contribution is -0.119. The Morgan fingerprint density at radius 3 is 2.56 bits per heavy atom. The fraction of sp³-hybridized carbons (Fsp3) is 0.192. The van der Waals surface area contributed by atoms with E-state index in [1.54, 1.807) is 30.3 Å². The number of pyridine rings is 1. The fourth-order valence-electron chi connectivity index (χ4n) is 4.65. The number of halogens is 1. The first-order valence-corrected chi connectivity index (χ1v) is 11.7. The van der Waals surface area contributed by atoms with Gasteiger partial charge in [-0.05, 0) is 42.3 Å². The van der Waals surface area contributed by atoms with E-state index in [0.29, 0.717) is 51.5 Å². The lowest BCUT2D eigenvalue weighted by Crippen LogP contribution is -2.30. The van der Waals surface area contributed by atoms with Crippen molar-refractivity contribution >= 4 is 34.9 Å². The number of carbonyl (C=O) groups excluding carboxylic acids is 3. The molecule has 0 spiro atoms. The summed E-state index contributed by atoms with van der Waals surface area (Å²) in [5.74, 6) is -0.656. The molecule has 3 aromatic rings. The Hall–Kier alpha value is -4.26. The molecular weight excluding hydrogens is 482 g/mol. The molecule has 9 nitrogen and oxygen atoms in total. The van der Waals surface area contributed by atoms with Gasteiger partial charge in [-0.25, -0.2) is 5.43 Å². The molecule has 2 heterocycles. The van der Waals surface area contributed by atoms with Crippen molar-refractivity contribution in [3.8, 4) is 17.2 Å². The van der Waals surface area contributed by atoms with Gasteiger partial charge in [0.05, 0.1) is 17.7 Å². The molecule has 2 aliphatic rings. The molecule has 0 saturated carbocycles. The number of hydrogen-bond donors (Lipinski definition) is 3. The van der Waals surface area contributed by atoms with Gasteiger partial charge in [0.25, 0.3) is 5.56 Å². The molecule has 10 heteroatoms. The number of rotatable bonds is 5. The van der Waals surface area contributed by atoms with Gasteiger partial charge < -0.3 is 9.88 Å². The first-order valence-electron chi connectivity index (χ1n) is 11.3. The number of nitrogens with one attached hydrogen (secondary N) is 3. The van der Waals surface area contributed by atoms with Gasteiger partial charge in [0.15, 0.2) is 5.78 Å². The number of fused-ring (bicyclic) bond motifs is 1. The number of amides is 2. The lowest BCUT2D eigenvalue weighted by atomic mass is 9.95. The molecular formula is C26H20ClN5O4. The maximum absolute atomic E-state index is 13.1. The minimum Gasteiger partial charge on any atom is -0.325 e. The molecule has 1 aliphatic heterocycles. The molecule has 1 aromatic heterocycles. The number of hydrogen-bond acceptors (Lipinski definition) is 6. The first kappa shape index (κ1) is 23.5. The van der Waals surface area contributed by atoms with Gasteiger partial charge in [0.2, 0.25) is 11.8 Å². The molecule has 1 atom stereocenters. The lowest BCUT2D eigenvalue weighted by Gasteiger charge is -2.16. The molecule has 1 aliphatic carbocycles. The molecule has 1 fully saturated rings. The summed E-state index contributed by atoms with van der Waals surface area (Å²) in [6.07, 6.45) is 0.867. The largest absolute Gasteiger partial charge is 0.325 e. The van der Waals surface area contributed by atoms with E-state index in [0.717, 1.165) is 5.56 Å². The van der Waals surface area contributed by atoms with E-state index in [-0.39, 0.29) is 30.7 Å². The molecule has 2 aromatic carbocycles. The highest BCUT2D eigenvalue weighted by Gasteiger charge is 2.29. The van der Waals surface area contributed by atoms with Gasteiger partial charge >= 0.3 is 0 Å². The zero-order valence-corrected chi connectivity index (χ0v) is 19.7. The summed E-state index contributed by atoms with van der Waals surface area (Å²) in [7, 11) is 0. The van der Waals surface area contributed by atoms with Crippen LogP contribution in [0, 0.1) is 11.3 Å². The predicted molar refractivity (Wildman–Crippen MR) is 132 cm³/mol. The van der Waals surface area contributed by atoms with Crippen molar-refractivity contribution < 1.29 is 14.4 Å². The van der Waals surface area contributed by atoms with E-state index in [9.17, 15) is 24.4 Å². The van der Waals surface area contributed by atoms with E-state index >= 15 is 0 Å². The zero-order valence-electron chi connectivity index (χ0n) is 18.9. The summed E-state index contributed by atoms with van der Waals surface area (Å²) >= 11 is 6.13. The summed E-state index contributed by atoms with van der Waals surface area (Å²) in [6, 6.07) is 15.0. The third-order valence-electron chi connectivity index (χ3n) is 6.35. The standard InChI is InChI=1S/C26H20ClN5O4/c27-16-4-1-15(12-28)18(9-16)19-10-25(36)32(21-7-8-22(33)26(19)21)13-24(35)29-17-5-2-14(3-6-17)20-11-23(34)31-30-20/h1-6,9-10,20,30H,7-8,11,13H2,(H,29,35)(H,31,34). The smallest absolute Gasteiger partial charge is 0.251 e. The van der Waals surface area contributed by atoms with Crippen molar-refractivity contribution in [2.24, 2.45) is 0 Å². The average Bonchev–Trinajstić information content (AvgIpc) is 3.47. The normalized spacial score (nSPS) is 16.4. The molecule has 36 heavy (non-hydrogen) atoms. The minimum atomic E-state index is -0.447. The summed E-state index contributed by atoms with van der Waals surface area (Å²) in [6.45, 7) is -0.264. The highest BCUT2D eigenvalue weighted by Crippen LogP contribution is 2.34. The highest BCUT2D eigenvalue weighted by molar-refractivity contribution is 6.31. The summed E-state index contributed by atoms with van der Waals surface area (Å²) in [5.41, 5.74) is 8.33. The summed E-state index contributed by atoms with van der Waals surface area (Å²) < 4.78 is 1.31. The number of Topliss-reactive ketones (excluding diaryl/α,β-unsaturated/α-hetero) is 1.